The summed E-state index contributed by atoms with van der Waals surface area (Å²) in [6.45, 7) is 2.11. The van der Waals surface area contributed by atoms with Crippen LogP contribution in [0.2, 0.25) is 0 Å². The first kappa shape index (κ1) is 11.3. The van der Waals surface area contributed by atoms with E-state index in [9.17, 15) is 0 Å². The van der Waals surface area contributed by atoms with E-state index in [0.29, 0.717) is 0 Å². The van der Waals surface area contributed by atoms with Gasteiger partial charge < -0.3 is 5.09 Å². The van der Waals surface area contributed by atoms with Gasteiger partial charge in [0.25, 0.3) is 0 Å². The molecule has 1 atom stereocenters. The average molecular weight is 277 g/mol. The molecule has 0 saturated heterocycles. The van der Waals surface area contributed by atoms with Gasteiger partial charge in [0.15, 0.2) is 0 Å². The smallest absolute Gasteiger partial charge is 0.120 e. The normalized spacial score (nSPS) is 21.9. The van der Waals surface area contributed by atoms with Crippen molar-refractivity contribution in [3.8, 4) is 0 Å². The first-order valence-electron chi connectivity index (χ1n) is 5.42. The SMILES string of the molecule is Cc1ccc2c(c1)NP(=S)(c1ccccc1)S2. The summed E-state index contributed by atoms with van der Waals surface area (Å²) < 4.78 is 0. The predicted octanol–water partition coefficient (Wildman–Crippen LogP) is 4.15. The number of nitrogens with one attached hydrogen (secondary N) is 1. The maximum Gasteiger partial charge on any atom is 0.120 e. The predicted molar refractivity (Wildman–Crippen MR) is 81.0 cm³/mol. The summed E-state index contributed by atoms with van der Waals surface area (Å²) in [6, 6.07) is 16.9. The molecule has 0 aliphatic carbocycles. The topological polar surface area (TPSA) is 12.0 Å². The highest BCUT2D eigenvalue weighted by Crippen LogP contribution is 2.67. The van der Waals surface area contributed by atoms with E-state index in [1.807, 2.05) is 17.4 Å². The molecule has 2 aromatic carbocycles. The van der Waals surface area contributed by atoms with Crippen molar-refractivity contribution in [2.45, 2.75) is 11.8 Å². The summed E-state index contributed by atoms with van der Waals surface area (Å²) in [5.41, 5.74) is 2.47. The summed E-state index contributed by atoms with van der Waals surface area (Å²) in [5.74, 6) is 0. The third-order valence-corrected chi connectivity index (χ3v) is 8.89. The van der Waals surface area contributed by atoms with Crippen molar-refractivity contribution in [1.29, 1.82) is 0 Å². The van der Waals surface area contributed by atoms with Crippen LogP contribution < -0.4 is 10.4 Å². The highest BCUT2D eigenvalue weighted by molar-refractivity contribution is 8.74. The summed E-state index contributed by atoms with van der Waals surface area (Å²) in [7, 11) is 0. The molecular weight excluding hydrogens is 265 g/mol. The third-order valence-electron chi connectivity index (χ3n) is 2.73. The number of hydrogen-bond acceptors (Lipinski definition) is 2. The molecule has 4 heteroatoms. The second-order valence-corrected chi connectivity index (χ2v) is 11.1. The van der Waals surface area contributed by atoms with Crippen molar-refractivity contribution in [2.75, 3.05) is 5.09 Å². The van der Waals surface area contributed by atoms with E-state index in [1.54, 1.807) is 0 Å². The zero-order valence-electron chi connectivity index (χ0n) is 9.38. The monoisotopic (exact) mass is 277 g/mol. The molecule has 17 heavy (non-hydrogen) atoms. The summed E-state index contributed by atoms with van der Waals surface area (Å²) >= 11 is 7.66. The van der Waals surface area contributed by atoms with Gasteiger partial charge in [-0.15, -0.1) is 0 Å². The Morgan fingerprint density at radius 1 is 1.12 bits per heavy atom. The Kier molecular flexibility index (Phi) is 2.78. The second kappa shape index (κ2) is 4.16. The van der Waals surface area contributed by atoms with Crippen LogP contribution in [-0.2, 0) is 11.8 Å². The van der Waals surface area contributed by atoms with E-state index in [0.717, 1.165) is 0 Å². The molecule has 0 radical (unpaired) electrons. The molecule has 0 aromatic heterocycles. The minimum atomic E-state index is -1.72. The Morgan fingerprint density at radius 3 is 2.65 bits per heavy atom. The van der Waals surface area contributed by atoms with E-state index < -0.39 is 5.39 Å². The molecule has 1 heterocycles. The number of rotatable bonds is 1. The molecule has 0 spiro atoms. The van der Waals surface area contributed by atoms with Crippen molar-refractivity contribution in [2.24, 2.45) is 0 Å². The number of fused-ring (bicyclic) bond motifs is 1. The fraction of sp³-hybridized carbons (Fsp3) is 0.0769. The maximum absolute atomic E-state index is 5.84. The molecule has 1 aliphatic heterocycles. The Bertz CT molecular complexity index is 610. The van der Waals surface area contributed by atoms with Crippen LogP contribution in [0.5, 0.6) is 0 Å². The van der Waals surface area contributed by atoms with Gasteiger partial charge in [-0.3, -0.25) is 0 Å². The van der Waals surface area contributed by atoms with Gasteiger partial charge in [0.1, 0.15) is 5.39 Å². The maximum atomic E-state index is 5.84. The molecule has 1 nitrogen and oxygen atoms in total. The Labute approximate surface area is 110 Å². The molecule has 3 rings (SSSR count). The number of hydrogen-bond donors (Lipinski definition) is 1. The lowest BCUT2D eigenvalue weighted by atomic mass is 10.2. The minimum absolute atomic E-state index is 1.20. The number of benzene rings is 2. The van der Waals surface area contributed by atoms with Crippen molar-refractivity contribution >= 4 is 39.6 Å². The van der Waals surface area contributed by atoms with E-state index in [4.69, 9.17) is 11.8 Å². The zero-order valence-corrected chi connectivity index (χ0v) is 11.9. The highest BCUT2D eigenvalue weighted by atomic mass is 32.9. The van der Waals surface area contributed by atoms with E-state index in [2.05, 4.69) is 54.5 Å². The Balaban J connectivity index is 2.03. The van der Waals surface area contributed by atoms with Gasteiger partial charge in [-0.05, 0) is 24.6 Å². The van der Waals surface area contributed by atoms with Crippen LogP contribution >= 0.6 is 16.8 Å². The van der Waals surface area contributed by atoms with Gasteiger partial charge in [0, 0.05) is 10.2 Å². The van der Waals surface area contributed by atoms with Crippen LogP contribution in [0.3, 0.4) is 0 Å². The summed E-state index contributed by atoms with van der Waals surface area (Å²) in [6.07, 6.45) is 0. The molecule has 2 aromatic rings. The van der Waals surface area contributed by atoms with Crippen LogP contribution in [-0.4, -0.2) is 0 Å². The lowest BCUT2D eigenvalue weighted by molar-refractivity contribution is 1.39. The van der Waals surface area contributed by atoms with Crippen LogP contribution in [0.25, 0.3) is 0 Å². The number of anilines is 1. The van der Waals surface area contributed by atoms with Gasteiger partial charge in [-0.2, -0.15) is 0 Å². The Morgan fingerprint density at radius 2 is 1.88 bits per heavy atom. The molecular formula is C13H12NPS2. The third kappa shape index (κ3) is 2.03. The van der Waals surface area contributed by atoms with Gasteiger partial charge >= 0.3 is 0 Å². The molecule has 0 saturated carbocycles. The van der Waals surface area contributed by atoms with Crippen molar-refractivity contribution < 1.29 is 0 Å². The van der Waals surface area contributed by atoms with Crippen molar-refractivity contribution in [3.05, 3.63) is 54.1 Å². The summed E-state index contributed by atoms with van der Waals surface area (Å²) in [4.78, 5) is 1.28. The second-order valence-electron chi connectivity index (χ2n) is 4.09. The molecule has 1 aliphatic rings. The molecule has 0 fully saturated rings. The van der Waals surface area contributed by atoms with E-state index >= 15 is 0 Å². The van der Waals surface area contributed by atoms with Gasteiger partial charge in [-0.1, -0.05) is 59.6 Å². The van der Waals surface area contributed by atoms with Crippen LogP contribution in [0.4, 0.5) is 5.69 Å². The molecule has 1 unspecified atom stereocenters. The Hall–Kier alpha value is -0.760. The van der Waals surface area contributed by atoms with Crippen LogP contribution in [0.1, 0.15) is 5.56 Å². The van der Waals surface area contributed by atoms with E-state index in [1.165, 1.54) is 21.5 Å². The minimum Gasteiger partial charge on any atom is -0.345 e. The summed E-state index contributed by atoms with van der Waals surface area (Å²) in [5, 5.41) is 3.08. The fourth-order valence-electron chi connectivity index (χ4n) is 1.87. The van der Waals surface area contributed by atoms with Crippen molar-refractivity contribution in [1.82, 2.24) is 0 Å². The largest absolute Gasteiger partial charge is 0.345 e. The van der Waals surface area contributed by atoms with Crippen LogP contribution in [0, 0.1) is 6.92 Å². The van der Waals surface area contributed by atoms with Gasteiger partial charge in [0.05, 0.1) is 5.69 Å². The van der Waals surface area contributed by atoms with Crippen LogP contribution in [0.15, 0.2) is 53.4 Å². The molecule has 0 amide bonds. The number of aryl methyl sites for hydroxylation is 1. The fourth-order valence-corrected chi connectivity index (χ4v) is 7.71. The highest BCUT2D eigenvalue weighted by Gasteiger charge is 2.29. The lowest BCUT2D eigenvalue weighted by Crippen LogP contribution is -2.04. The van der Waals surface area contributed by atoms with Gasteiger partial charge in [-0.25, -0.2) is 0 Å². The quantitative estimate of drug-likeness (QED) is 0.787. The van der Waals surface area contributed by atoms with E-state index in [-0.39, 0.29) is 0 Å². The molecule has 1 N–H and O–H groups in total. The zero-order chi connectivity index (χ0) is 11.9. The molecule has 0 bridgehead atoms. The van der Waals surface area contributed by atoms with Crippen molar-refractivity contribution in [3.63, 3.8) is 0 Å². The average Bonchev–Trinajstić information content (AvgIpc) is 2.67. The molecule has 86 valence electrons. The lowest BCUT2D eigenvalue weighted by Gasteiger charge is -2.15. The standard InChI is InChI=1S/C13H12NPS2/c1-10-7-8-13-12(9-10)14-15(16,17-13)11-5-3-2-4-6-11/h2-9H,1H3,(H,14,16). The van der Waals surface area contributed by atoms with Gasteiger partial charge in [0.2, 0.25) is 0 Å². The first-order chi connectivity index (χ1) is 8.17. The first-order valence-corrected chi connectivity index (χ1v) is 9.64.